The summed E-state index contributed by atoms with van der Waals surface area (Å²) in [4.78, 5) is 26.7. The van der Waals surface area contributed by atoms with E-state index in [2.05, 4.69) is 24.5 Å². The molecule has 1 saturated heterocycles. The second kappa shape index (κ2) is 7.12. The number of amides is 1. The van der Waals surface area contributed by atoms with E-state index in [1.807, 2.05) is 4.90 Å². The zero-order valence-corrected chi connectivity index (χ0v) is 15.1. The predicted molar refractivity (Wildman–Crippen MR) is 94.7 cm³/mol. The van der Waals surface area contributed by atoms with Crippen molar-refractivity contribution < 1.29 is 9.72 Å². The van der Waals surface area contributed by atoms with Crippen molar-refractivity contribution in [1.29, 1.82) is 0 Å². The van der Waals surface area contributed by atoms with Gasteiger partial charge in [-0.3, -0.25) is 14.9 Å². The third kappa shape index (κ3) is 5.06. The van der Waals surface area contributed by atoms with Gasteiger partial charge in [-0.25, -0.2) is 0 Å². The molecular weight excluding hydrogens is 310 g/mol. The fourth-order valence-corrected chi connectivity index (χ4v) is 3.60. The smallest absolute Gasteiger partial charge is 0.269 e. The molecule has 1 heterocycles. The lowest BCUT2D eigenvalue weighted by atomic mass is 10.2. The van der Waals surface area contributed by atoms with Gasteiger partial charge in [0.1, 0.15) is 0 Å². The van der Waals surface area contributed by atoms with E-state index in [1.54, 1.807) is 12.1 Å². The summed E-state index contributed by atoms with van der Waals surface area (Å²) in [6.07, 6.45) is 0.660. The van der Waals surface area contributed by atoms with Crippen molar-refractivity contribution in [2.24, 2.45) is 0 Å². The second-order valence-electron chi connectivity index (χ2n) is 7.20. The van der Waals surface area contributed by atoms with Gasteiger partial charge in [0.2, 0.25) is 5.91 Å². The van der Waals surface area contributed by atoms with Crippen molar-refractivity contribution in [2.45, 2.75) is 32.1 Å². The average molecular weight is 335 g/mol. The molecule has 0 atom stereocenters. The van der Waals surface area contributed by atoms with Gasteiger partial charge in [0.25, 0.3) is 5.69 Å². The lowest BCUT2D eigenvalue weighted by Gasteiger charge is -2.36. The van der Waals surface area contributed by atoms with Crippen LogP contribution >= 0.6 is 0 Å². The van der Waals surface area contributed by atoms with Crippen molar-refractivity contribution in [3.8, 4) is 0 Å². The molecule has 0 saturated carbocycles. The number of piperazine rings is 1. The molecule has 1 amide bonds. The Bertz CT molecular complexity index is 561. The second-order valence-corrected chi connectivity index (χ2v) is 12.8. The van der Waals surface area contributed by atoms with E-state index >= 15 is 0 Å². The maximum absolute atomic E-state index is 12.3. The molecule has 0 unspecified atom stereocenters. The highest BCUT2D eigenvalue weighted by atomic mass is 28.3. The highest BCUT2D eigenvalue weighted by molar-refractivity contribution is 6.76. The molecule has 1 aliphatic heterocycles. The topological polar surface area (TPSA) is 66.7 Å². The predicted octanol–water partition coefficient (Wildman–Crippen LogP) is 2.97. The third-order valence-electron chi connectivity index (χ3n) is 4.15. The number of anilines is 1. The number of benzene rings is 1. The summed E-state index contributed by atoms with van der Waals surface area (Å²) in [6, 6.07) is 7.65. The Hall–Kier alpha value is -1.89. The Labute approximate surface area is 138 Å². The molecule has 0 aromatic heterocycles. The van der Waals surface area contributed by atoms with Crippen LogP contribution in [-0.4, -0.2) is 50.0 Å². The van der Waals surface area contributed by atoms with E-state index in [0.29, 0.717) is 6.42 Å². The lowest BCUT2D eigenvalue weighted by Crippen LogP contribution is -2.49. The van der Waals surface area contributed by atoms with Crippen LogP contribution in [0.1, 0.15) is 6.42 Å². The van der Waals surface area contributed by atoms with E-state index in [-0.39, 0.29) is 16.5 Å². The number of hydrogen-bond donors (Lipinski definition) is 0. The van der Waals surface area contributed by atoms with E-state index in [4.69, 9.17) is 0 Å². The lowest BCUT2D eigenvalue weighted by molar-refractivity contribution is -0.384. The minimum atomic E-state index is -1.18. The Morgan fingerprint density at radius 2 is 1.70 bits per heavy atom. The Balaban J connectivity index is 1.86. The quantitative estimate of drug-likeness (QED) is 0.471. The summed E-state index contributed by atoms with van der Waals surface area (Å²) in [5.41, 5.74) is 1.08. The van der Waals surface area contributed by atoms with Crippen molar-refractivity contribution in [1.82, 2.24) is 4.90 Å². The van der Waals surface area contributed by atoms with Gasteiger partial charge in [-0.15, -0.1) is 0 Å². The van der Waals surface area contributed by atoms with Crippen LogP contribution in [0.15, 0.2) is 24.3 Å². The van der Waals surface area contributed by atoms with Gasteiger partial charge in [0, 0.05) is 58.5 Å². The molecule has 0 spiro atoms. The van der Waals surface area contributed by atoms with Gasteiger partial charge in [0.05, 0.1) is 4.92 Å². The highest BCUT2D eigenvalue weighted by Crippen LogP contribution is 2.21. The third-order valence-corrected chi connectivity index (χ3v) is 5.90. The first kappa shape index (κ1) is 17.5. The summed E-state index contributed by atoms with van der Waals surface area (Å²) >= 11 is 0. The van der Waals surface area contributed by atoms with Crippen LogP contribution in [0.4, 0.5) is 11.4 Å². The SMILES string of the molecule is C[Si](C)(C)CCC(=O)N1CCN(c2ccc([N+](=O)[O-])cc2)CC1. The van der Waals surface area contributed by atoms with Crippen LogP contribution < -0.4 is 4.90 Å². The Kier molecular flexibility index (Phi) is 5.41. The molecule has 0 bridgehead atoms. The van der Waals surface area contributed by atoms with Crippen LogP contribution in [0.25, 0.3) is 0 Å². The Morgan fingerprint density at radius 1 is 1.13 bits per heavy atom. The number of carbonyl (C=O) groups excluding carboxylic acids is 1. The van der Waals surface area contributed by atoms with Gasteiger partial charge in [0.15, 0.2) is 0 Å². The molecule has 1 fully saturated rings. The molecule has 1 aliphatic rings. The van der Waals surface area contributed by atoms with Crippen LogP contribution in [-0.2, 0) is 4.79 Å². The normalized spacial score (nSPS) is 15.6. The molecule has 0 N–H and O–H groups in total. The monoisotopic (exact) mass is 335 g/mol. The van der Waals surface area contributed by atoms with Gasteiger partial charge in [-0.1, -0.05) is 19.6 Å². The summed E-state index contributed by atoms with van der Waals surface area (Å²) < 4.78 is 0. The number of nitro groups is 1. The number of non-ortho nitro benzene ring substituents is 1. The Morgan fingerprint density at radius 3 is 2.17 bits per heavy atom. The van der Waals surface area contributed by atoms with Gasteiger partial charge >= 0.3 is 0 Å². The van der Waals surface area contributed by atoms with Crippen LogP contribution in [0.3, 0.4) is 0 Å². The highest BCUT2D eigenvalue weighted by Gasteiger charge is 2.23. The minimum Gasteiger partial charge on any atom is -0.368 e. The first-order valence-electron chi connectivity index (χ1n) is 8.03. The number of hydrogen-bond acceptors (Lipinski definition) is 4. The fourth-order valence-electron chi connectivity index (χ4n) is 2.64. The van der Waals surface area contributed by atoms with Crippen LogP contribution in [0, 0.1) is 10.1 Å². The van der Waals surface area contributed by atoms with Crippen molar-refractivity contribution in [2.75, 3.05) is 31.1 Å². The first-order chi connectivity index (χ1) is 10.8. The molecule has 1 aromatic carbocycles. The zero-order valence-electron chi connectivity index (χ0n) is 14.1. The van der Waals surface area contributed by atoms with Crippen molar-refractivity contribution in [3.63, 3.8) is 0 Å². The number of nitro benzene ring substituents is 1. The molecule has 1 aromatic rings. The summed E-state index contributed by atoms with van der Waals surface area (Å²) in [5, 5.41) is 10.7. The molecular formula is C16H25N3O3Si. The van der Waals surface area contributed by atoms with Crippen molar-refractivity contribution in [3.05, 3.63) is 34.4 Å². The molecule has 23 heavy (non-hydrogen) atoms. The molecule has 0 aliphatic carbocycles. The van der Waals surface area contributed by atoms with E-state index in [9.17, 15) is 14.9 Å². The number of rotatable bonds is 5. The summed E-state index contributed by atoms with van der Waals surface area (Å²) in [6.45, 7) is 9.85. The zero-order chi connectivity index (χ0) is 17.0. The number of carbonyl (C=O) groups is 1. The molecule has 0 radical (unpaired) electrons. The average Bonchev–Trinajstić information content (AvgIpc) is 2.52. The summed E-state index contributed by atoms with van der Waals surface area (Å²) in [5.74, 6) is 0.260. The fraction of sp³-hybridized carbons (Fsp3) is 0.562. The standard InChI is InChI=1S/C16H25N3O3Si/c1-23(2,3)13-8-16(20)18-11-9-17(10-12-18)14-4-6-15(7-5-14)19(21)22/h4-7H,8-13H2,1-3H3. The van der Waals surface area contributed by atoms with Crippen molar-refractivity contribution >= 4 is 25.4 Å². The van der Waals surface area contributed by atoms with Gasteiger partial charge < -0.3 is 9.80 Å². The van der Waals surface area contributed by atoms with Gasteiger partial charge in [-0.05, 0) is 18.2 Å². The first-order valence-corrected chi connectivity index (χ1v) is 11.7. The van der Waals surface area contributed by atoms with E-state index in [1.165, 1.54) is 12.1 Å². The minimum absolute atomic E-state index is 0.105. The van der Waals surface area contributed by atoms with Crippen LogP contribution in [0.2, 0.25) is 25.7 Å². The van der Waals surface area contributed by atoms with E-state index in [0.717, 1.165) is 37.9 Å². The molecule has 6 nitrogen and oxygen atoms in total. The maximum atomic E-state index is 12.3. The maximum Gasteiger partial charge on any atom is 0.269 e. The molecule has 7 heteroatoms. The summed E-state index contributed by atoms with van der Waals surface area (Å²) in [7, 11) is -1.18. The van der Waals surface area contributed by atoms with Gasteiger partial charge in [-0.2, -0.15) is 0 Å². The van der Waals surface area contributed by atoms with Crippen LogP contribution in [0.5, 0.6) is 0 Å². The number of nitrogens with zero attached hydrogens (tertiary/aromatic N) is 3. The van der Waals surface area contributed by atoms with E-state index < -0.39 is 8.07 Å². The largest absolute Gasteiger partial charge is 0.368 e. The molecule has 126 valence electrons. The molecule has 2 rings (SSSR count).